The van der Waals surface area contributed by atoms with E-state index in [1.807, 2.05) is 30.3 Å². The van der Waals surface area contributed by atoms with Crippen molar-refractivity contribution in [1.82, 2.24) is 4.98 Å². The number of carbonyl (C=O) groups excluding carboxylic acids is 1. The van der Waals surface area contributed by atoms with E-state index < -0.39 is 0 Å². The van der Waals surface area contributed by atoms with Crippen LogP contribution in [0.5, 0.6) is 17.2 Å². The molecule has 170 valence electrons. The minimum Gasteiger partial charge on any atom is -0.493 e. The Morgan fingerprint density at radius 2 is 1.73 bits per heavy atom. The minimum atomic E-state index is -0.258. The number of amides is 1. The molecule has 1 aromatic heterocycles. The molecule has 7 heteroatoms. The topological polar surface area (TPSA) is 82.8 Å². The normalized spacial score (nSPS) is 10.9. The Bertz CT molecular complexity index is 1260. The molecule has 33 heavy (non-hydrogen) atoms. The summed E-state index contributed by atoms with van der Waals surface area (Å²) in [4.78, 5) is 16.9. The highest BCUT2D eigenvalue weighted by molar-refractivity contribution is 5.94. The molecule has 0 spiro atoms. The van der Waals surface area contributed by atoms with E-state index in [1.165, 1.54) is 5.56 Å². The number of hydrogen-bond donors (Lipinski definition) is 1. The van der Waals surface area contributed by atoms with Crippen LogP contribution < -0.4 is 19.5 Å². The second kappa shape index (κ2) is 9.65. The van der Waals surface area contributed by atoms with Gasteiger partial charge in [-0.1, -0.05) is 26.0 Å². The highest BCUT2D eigenvalue weighted by Gasteiger charge is 2.13. The number of rotatable bonds is 8. The van der Waals surface area contributed by atoms with Gasteiger partial charge in [-0.15, -0.1) is 0 Å². The van der Waals surface area contributed by atoms with Crippen molar-refractivity contribution in [3.63, 3.8) is 0 Å². The first kappa shape index (κ1) is 22.2. The number of aromatic nitrogens is 1. The molecule has 0 saturated heterocycles. The van der Waals surface area contributed by atoms with Gasteiger partial charge in [0.15, 0.2) is 23.7 Å². The number of hydrogen-bond acceptors (Lipinski definition) is 6. The molecule has 0 aliphatic rings. The van der Waals surface area contributed by atoms with Crippen molar-refractivity contribution in [3.05, 3.63) is 66.2 Å². The van der Waals surface area contributed by atoms with Gasteiger partial charge in [-0.3, -0.25) is 4.79 Å². The Morgan fingerprint density at radius 1 is 0.970 bits per heavy atom. The van der Waals surface area contributed by atoms with E-state index in [4.69, 9.17) is 18.6 Å². The summed E-state index contributed by atoms with van der Waals surface area (Å²) in [6, 6.07) is 18.5. The standard InChI is InChI=1S/C26H26N2O5/c1-16(2)17-5-9-20(10-6-17)32-15-25(29)27-19-8-12-22-21(14-19)28-26(33-22)18-7-11-23(30-3)24(13-18)31-4/h5-14,16H,15H2,1-4H3,(H,27,29). The summed E-state index contributed by atoms with van der Waals surface area (Å²) in [6.45, 7) is 4.17. The van der Waals surface area contributed by atoms with Crippen LogP contribution in [-0.2, 0) is 4.79 Å². The molecule has 0 aliphatic carbocycles. The van der Waals surface area contributed by atoms with E-state index in [9.17, 15) is 4.79 Å². The summed E-state index contributed by atoms with van der Waals surface area (Å²) >= 11 is 0. The Kier molecular flexibility index (Phi) is 6.49. The monoisotopic (exact) mass is 446 g/mol. The first-order valence-electron chi connectivity index (χ1n) is 10.6. The highest BCUT2D eigenvalue weighted by atomic mass is 16.5. The van der Waals surface area contributed by atoms with Gasteiger partial charge in [-0.25, -0.2) is 4.98 Å². The van der Waals surface area contributed by atoms with Gasteiger partial charge in [0.25, 0.3) is 5.91 Å². The number of methoxy groups -OCH3 is 2. The zero-order chi connectivity index (χ0) is 23.4. The second-order valence-corrected chi connectivity index (χ2v) is 7.83. The van der Waals surface area contributed by atoms with Gasteiger partial charge in [0.1, 0.15) is 11.3 Å². The van der Waals surface area contributed by atoms with Crippen LogP contribution in [0.2, 0.25) is 0 Å². The van der Waals surface area contributed by atoms with Crippen molar-refractivity contribution in [2.45, 2.75) is 19.8 Å². The van der Waals surface area contributed by atoms with E-state index in [2.05, 4.69) is 24.1 Å². The van der Waals surface area contributed by atoms with Crippen molar-refractivity contribution in [1.29, 1.82) is 0 Å². The van der Waals surface area contributed by atoms with Crippen molar-refractivity contribution < 1.29 is 23.4 Å². The molecule has 0 atom stereocenters. The van der Waals surface area contributed by atoms with Crippen molar-refractivity contribution in [2.75, 3.05) is 26.1 Å². The van der Waals surface area contributed by atoms with Crippen LogP contribution in [0.1, 0.15) is 25.3 Å². The molecule has 1 heterocycles. The highest BCUT2D eigenvalue weighted by Crippen LogP contribution is 2.33. The van der Waals surface area contributed by atoms with Crippen LogP contribution in [0.4, 0.5) is 5.69 Å². The van der Waals surface area contributed by atoms with Crippen molar-refractivity contribution in [2.24, 2.45) is 0 Å². The van der Waals surface area contributed by atoms with Crippen LogP contribution in [0.3, 0.4) is 0 Å². The molecule has 4 rings (SSSR count). The zero-order valence-corrected chi connectivity index (χ0v) is 19.0. The summed E-state index contributed by atoms with van der Waals surface area (Å²) in [5.41, 5.74) is 3.83. The molecule has 1 N–H and O–H groups in total. The third-order valence-corrected chi connectivity index (χ3v) is 5.22. The van der Waals surface area contributed by atoms with E-state index >= 15 is 0 Å². The van der Waals surface area contributed by atoms with Crippen LogP contribution >= 0.6 is 0 Å². The fourth-order valence-corrected chi connectivity index (χ4v) is 3.39. The third kappa shape index (κ3) is 5.09. The quantitative estimate of drug-likeness (QED) is 0.376. The summed E-state index contributed by atoms with van der Waals surface area (Å²) < 4.78 is 22.1. The van der Waals surface area contributed by atoms with Gasteiger partial charge < -0.3 is 23.9 Å². The summed E-state index contributed by atoms with van der Waals surface area (Å²) in [7, 11) is 3.16. The molecule has 0 fully saturated rings. The summed E-state index contributed by atoms with van der Waals surface area (Å²) in [6.07, 6.45) is 0. The Labute approximate surface area is 192 Å². The number of anilines is 1. The molecule has 0 aliphatic heterocycles. The molecule has 0 saturated carbocycles. The van der Waals surface area contributed by atoms with Gasteiger partial charge in [-0.05, 0) is 60.0 Å². The number of nitrogens with zero attached hydrogens (tertiary/aromatic N) is 1. The predicted molar refractivity (Wildman–Crippen MR) is 127 cm³/mol. The first-order chi connectivity index (χ1) is 16.0. The largest absolute Gasteiger partial charge is 0.493 e. The van der Waals surface area contributed by atoms with E-state index in [-0.39, 0.29) is 12.5 Å². The summed E-state index contributed by atoms with van der Waals surface area (Å²) in [5, 5.41) is 2.83. The van der Waals surface area contributed by atoms with E-state index in [0.29, 0.717) is 45.8 Å². The number of fused-ring (bicyclic) bond motifs is 1. The first-order valence-corrected chi connectivity index (χ1v) is 10.6. The molecule has 1 amide bonds. The summed E-state index contributed by atoms with van der Waals surface area (Å²) in [5.74, 6) is 2.50. The van der Waals surface area contributed by atoms with Crippen LogP contribution in [0.25, 0.3) is 22.6 Å². The number of oxazole rings is 1. The molecule has 4 aromatic rings. The zero-order valence-electron chi connectivity index (χ0n) is 19.0. The van der Waals surface area contributed by atoms with E-state index in [1.54, 1.807) is 44.6 Å². The molecule has 0 radical (unpaired) electrons. The minimum absolute atomic E-state index is 0.0885. The lowest BCUT2D eigenvalue weighted by molar-refractivity contribution is -0.118. The van der Waals surface area contributed by atoms with Crippen molar-refractivity contribution in [3.8, 4) is 28.7 Å². The maximum absolute atomic E-state index is 12.3. The smallest absolute Gasteiger partial charge is 0.262 e. The van der Waals surface area contributed by atoms with Gasteiger partial charge in [0.05, 0.1) is 14.2 Å². The van der Waals surface area contributed by atoms with Gasteiger partial charge >= 0.3 is 0 Å². The predicted octanol–water partition coefficient (Wildman–Crippen LogP) is 5.65. The third-order valence-electron chi connectivity index (χ3n) is 5.22. The van der Waals surface area contributed by atoms with E-state index in [0.717, 1.165) is 5.56 Å². The lowest BCUT2D eigenvalue weighted by Gasteiger charge is -2.09. The average Bonchev–Trinajstić information content (AvgIpc) is 3.26. The number of nitrogens with one attached hydrogen (secondary N) is 1. The molecule has 0 unspecified atom stereocenters. The number of carbonyl (C=O) groups is 1. The maximum atomic E-state index is 12.3. The molecule has 0 bridgehead atoms. The van der Waals surface area contributed by atoms with Crippen LogP contribution in [-0.4, -0.2) is 31.7 Å². The fourth-order valence-electron chi connectivity index (χ4n) is 3.39. The van der Waals surface area contributed by atoms with Gasteiger partial charge in [0.2, 0.25) is 5.89 Å². The number of ether oxygens (including phenoxy) is 3. The Balaban J connectivity index is 1.43. The molecule has 7 nitrogen and oxygen atoms in total. The lowest BCUT2D eigenvalue weighted by Crippen LogP contribution is -2.20. The number of benzene rings is 3. The van der Waals surface area contributed by atoms with Crippen LogP contribution in [0, 0.1) is 0 Å². The Morgan fingerprint density at radius 3 is 2.42 bits per heavy atom. The average molecular weight is 447 g/mol. The van der Waals surface area contributed by atoms with Gasteiger partial charge in [-0.2, -0.15) is 0 Å². The molecular weight excluding hydrogens is 420 g/mol. The van der Waals surface area contributed by atoms with Crippen molar-refractivity contribution >= 4 is 22.7 Å². The lowest BCUT2D eigenvalue weighted by atomic mass is 10.0. The maximum Gasteiger partial charge on any atom is 0.262 e. The molecule has 3 aromatic carbocycles. The van der Waals surface area contributed by atoms with Crippen LogP contribution in [0.15, 0.2) is 65.1 Å². The Hall–Kier alpha value is -4.00. The fraction of sp³-hybridized carbons (Fsp3) is 0.231. The van der Waals surface area contributed by atoms with Gasteiger partial charge in [0, 0.05) is 11.3 Å². The molecular formula is C26H26N2O5. The second-order valence-electron chi connectivity index (χ2n) is 7.83. The SMILES string of the molecule is COc1ccc(-c2nc3cc(NC(=O)COc4ccc(C(C)C)cc4)ccc3o2)cc1OC.